The maximum atomic E-state index is 12.4. The van der Waals surface area contributed by atoms with Gasteiger partial charge >= 0.3 is 0 Å². The first kappa shape index (κ1) is 15.6. The Morgan fingerprint density at radius 2 is 2.18 bits per heavy atom. The molecule has 1 N–H and O–H groups in total. The van der Waals surface area contributed by atoms with Crippen molar-refractivity contribution in [2.24, 2.45) is 7.05 Å². The molecule has 116 valence electrons. The van der Waals surface area contributed by atoms with Gasteiger partial charge in [0.15, 0.2) is 17.3 Å². The number of allylic oxidation sites excluding steroid dienone is 1. The molecule has 0 aliphatic heterocycles. The monoisotopic (exact) mass is 301 g/mol. The van der Waals surface area contributed by atoms with E-state index in [-0.39, 0.29) is 5.91 Å². The summed E-state index contributed by atoms with van der Waals surface area (Å²) >= 11 is 0. The zero-order valence-corrected chi connectivity index (χ0v) is 12.9. The molecule has 0 aliphatic carbocycles. The van der Waals surface area contributed by atoms with Gasteiger partial charge in [-0.25, -0.2) is 0 Å². The second-order valence-electron chi connectivity index (χ2n) is 4.69. The molecule has 0 radical (unpaired) electrons. The molecule has 22 heavy (non-hydrogen) atoms. The van der Waals surface area contributed by atoms with Crippen molar-refractivity contribution in [2.75, 3.05) is 19.5 Å². The van der Waals surface area contributed by atoms with Gasteiger partial charge in [-0.3, -0.25) is 9.48 Å². The lowest BCUT2D eigenvalue weighted by Crippen LogP contribution is -2.13. The number of rotatable bonds is 6. The van der Waals surface area contributed by atoms with Gasteiger partial charge in [0, 0.05) is 30.4 Å². The van der Waals surface area contributed by atoms with Crippen LogP contribution in [0, 0.1) is 0 Å². The maximum absolute atomic E-state index is 12.4. The molecule has 1 aromatic heterocycles. The molecule has 6 heteroatoms. The summed E-state index contributed by atoms with van der Waals surface area (Å²) in [6.45, 7) is 3.72. The first-order valence-electron chi connectivity index (χ1n) is 6.75. The quantitative estimate of drug-likeness (QED) is 0.832. The summed E-state index contributed by atoms with van der Waals surface area (Å²) in [5.41, 5.74) is 1.31. The normalized spacial score (nSPS) is 10.1. The Bertz CT molecular complexity index is 692. The van der Waals surface area contributed by atoms with E-state index in [0.29, 0.717) is 29.3 Å². The number of benzene rings is 1. The molecular formula is C16H19N3O3. The van der Waals surface area contributed by atoms with Crippen molar-refractivity contribution < 1.29 is 14.3 Å². The molecule has 0 aliphatic rings. The summed E-state index contributed by atoms with van der Waals surface area (Å²) in [6, 6.07) is 5.13. The van der Waals surface area contributed by atoms with Gasteiger partial charge in [-0.1, -0.05) is 6.08 Å². The minimum Gasteiger partial charge on any atom is -0.493 e. The third kappa shape index (κ3) is 3.28. The fraction of sp³-hybridized carbons (Fsp3) is 0.250. The third-order valence-electron chi connectivity index (χ3n) is 3.14. The van der Waals surface area contributed by atoms with E-state index in [0.717, 1.165) is 5.56 Å². The second kappa shape index (κ2) is 6.80. The lowest BCUT2D eigenvalue weighted by Gasteiger charge is -2.14. The fourth-order valence-corrected chi connectivity index (χ4v) is 2.15. The number of nitrogens with zero attached hydrogens (tertiary/aromatic N) is 2. The van der Waals surface area contributed by atoms with E-state index in [9.17, 15) is 4.79 Å². The number of hydrogen-bond donors (Lipinski definition) is 1. The average molecular weight is 301 g/mol. The van der Waals surface area contributed by atoms with E-state index in [1.807, 2.05) is 0 Å². The number of amides is 1. The van der Waals surface area contributed by atoms with E-state index < -0.39 is 0 Å². The molecule has 6 nitrogen and oxygen atoms in total. The molecular weight excluding hydrogens is 282 g/mol. The molecule has 1 amide bonds. The number of methoxy groups -OCH3 is 2. The third-order valence-corrected chi connectivity index (χ3v) is 3.14. The lowest BCUT2D eigenvalue weighted by atomic mass is 10.0. The standard InChI is InChI=1S/C16H19N3O3/c1-5-6-11-9-12(10-13(21-3)15(11)22-4)16(20)17-14-7-8-19(2)18-14/h5,7-10H,1,6H2,2-4H3,(H,17,18,20). The summed E-state index contributed by atoms with van der Waals surface area (Å²) in [5.74, 6) is 1.35. The minimum atomic E-state index is -0.259. The zero-order chi connectivity index (χ0) is 16.1. The zero-order valence-electron chi connectivity index (χ0n) is 12.9. The van der Waals surface area contributed by atoms with Gasteiger partial charge in [0.2, 0.25) is 0 Å². The number of carbonyl (C=O) groups excluding carboxylic acids is 1. The highest BCUT2D eigenvalue weighted by Gasteiger charge is 2.16. The Labute approximate surface area is 129 Å². The first-order chi connectivity index (χ1) is 10.6. The SMILES string of the molecule is C=CCc1cc(C(=O)Nc2ccn(C)n2)cc(OC)c1OC. The highest BCUT2D eigenvalue weighted by Crippen LogP contribution is 2.33. The van der Waals surface area contributed by atoms with Crippen LogP contribution in [0.2, 0.25) is 0 Å². The van der Waals surface area contributed by atoms with Gasteiger partial charge in [0.25, 0.3) is 5.91 Å². The van der Waals surface area contributed by atoms with Crippen LogP contribution in [-0.2, 0) is 13.5 Å². The van der Waals surface area contributed by atoms with Crippen molar-refractivity contribution in [1.29, 1.82) is 0 Å². The second-order valence-corrected chi connectivity index (χ2v) is 4.69. The van der Waals surface area contributed by atoms with Crippen LogP contribution in [-0.4, -0.2) is 29.9 Å². The van der Waals surface area contributed by atoms with E-state index >= 15 is 0 Å². The number of hydrogen-bond acceptors (Lipinski definition) is 4. The van der Waals surface area contributed by atoms with Crippen molar-refractivity contribution in [3.8, 4) is 11.5 Å². The van der Waals surface area contributed by atoms with Crippen molar-refractivity contribution >= 4 is 11.7 Å². The van der Waals surface area contributed by atoms with Gasteiger partial charge in [-0.05, 0) is 18.6 Å². The van der Waals surface area contributed by atoms with Crippen molar-refractivity contribution in [3.63, 3.8) is 0 Å². The fourth-order valence-electron chi connectivity index (χ4n) is 2.15. The highest BCUT2D eigenvalue weighted by molar-refractivity contribution is 6.04. The Balaban J connectivity index is 2.35. The van der Waals surface area contributed by atoms with E-state index in [2.05, 4.69) is 17.0 Å². The molecule has 0 bridgehead atoms. The molecule has 0 atom stereocenters. The minimum absolute atomic E-state index is 0.259. The number of aryl methyl sites for hydroxylation is 1. The van der Waals surface area contributed by atoms with Gasteiger partial charge in [-0.15, -0.1) is 6.58 Å². The number of ether oxygens (including phenoxy) is 2. The summed E-state index contributed by atoms with van der Waals surface area (Å²) < 4.78 is 12.3. The number of nitrogens with one attached hydrogen (secondary N) is 1. The Morgan fingerprint density at radius 1 is 1.41 bits per heavy atom. The van der Waals surface area contributed by atoms with Crippen molar-refractivity contribution in [2.45, 2.75) is 6.42 Å². The summed E-state index contributed by atoms with van der Waals surface area (Å²) in [6.07, 6.45) is 4.08. The molecule has 0 saturated heterocycles. The van der Waals surface area contributed by atoms with E-state index in [1.165, 1.54) is 7.11 Å². The Morgan fingerprint density at radius 3 is 2.73 bits per heavy atom. The number of aromatic nitrogens is 2. The van der Waals surface area contributed by atoms with Crippen LogP contribution in [0.25, 0.3) is 0 Å². The van der Waals surface area contributed by atoms with Crippen LogP contribution in [0.3, 0.4) is 0 Å². The smallest absolute Gasteiger partial charge is 0.257 e. The molecule has 2 rings (SSSR count). The number of carbonyl (C=O) groups is 1. The van der Waals surface area contributed by atoms with Gasteiger partial charge in [0.05, 0.1) is 14.2 Å². The van der Waals surface area contributed by atoms with E-state index in [4.69, 9.17) is 9.47 Å². The average Bonchev–Trinajstić information content (AvgIpc) is 2.91. The predicted molar refractivity (Wildman–Crippen MR) is 84.6 cm³/mol. The van der Waals surface area contributed by atoms with Crippen LogP contribution in [0.5, 0.6) is 11.5 Å². The van der Waals surface area contributed by atoms with Gasteiger partial charge < -0.3 is 14.8 Å². The predicted octanol–water partition coefficient (Wildman–Crippen LogP) is 2.42. The molecule has 2 aromatic rings. The topological polar surface area (TPSA) is 65.4 Å². The summed E-state index contributed by atoms with van der Waals surface area (Å²) in [5, 5.41) is 6.87. The maximum Gasteiger partial charge on any atom is 0.257 e. The molecule has 0 fully saturated rings. The van der Waals surface area contributed by atoms with Gasteiger partial charge in [-0.2, -0.15) is 5.10 Å². The van der Waals surface area contributed by atoms with Crippen LogP contribution in [0.1, 0.15) is 15.9 Å². The van der Waals surface area contributed by atoms with Crippen LogP contribution < -0.4 is 14.8 Å². The van der Waals surface area contributed by atoms with Crippen LogP contribution in [0.15, 0.2) is 37.1 Å². The largest absolute Gasteiger partial charge is 0.493 e. The van der Waals surface area contributed by atoms with Crippen LogP contribution >= 0.6 is 0 Å². The molecule has 1 heterocycles. The molecule has 0 unspecified atom stereocenters. The highest BCUT2D eigenvalue weighted by atomic mass is 16.5. The van der Waals surface area contributed by atoms with Crippen molar-refractivity contribution in [3.05, 3.63) is 48.2 Å². The molecule has 0 spiro atoms. The molecule has 1 aromatic carbocycles. The van der Waals surface area contributed by atoms with Crippen LogP contribution in [0.4, 0.5) is 5.82 Å². The molecule has 0 saturated carbocycles. The lowest BCUT2D eigenvalue weighted by molar-refractivity contribution is 0.102. The van der Waals surface area contributed by atoms with Crippen molar-refractivity contribution in [1.82, 2.24) is 9.78 Å². The Kier molecular flexibility index (Phi) is 4.83. The summed E-state index contributed by atoms with van der Waals surface area (Å²) in [4.78, 5) is 12.4. The van der Waals surface area contributed by atoms with Gasteiger partial charge in [0.1, 0.15) is 0 Å². The van der Waals surface area contributed by atoms with E-state index in [1.54, 1.807) is 49.3 Å². The first-order valence-corrected chi connectivity index (χ1v) is 6.75. The summed E-state index contributed by atoms with van der Waals surface area (Å²) in [7, 11) is 4.89. The Hall–Kier alpha value is -2.76. The number of anilines is 1.